The minimum absolute atomic E-state index is 0. The molecule has 1 aromatic carbocycles. The van der Waals surface area contributed by atoms with E-state index in [9.17, 15) is 4.79 Å². The third kappa shape index (κ3) is 6.76. The van der Waals surface area contributed by atoms with Crippen LogP contribution in [0.1, 0.15) is 12.5 Å². The van der Waals surface area contributed by atoms with Gasteiger partial charge in [0.15, 0.2) is 0 Å². The summed E-state index contributed by atoms with van der Waals surface area (Å²) >= 11 is 0. The normalized spacial score (nSPS) is 10.6. The Hall–Kier alpha value is -1.32. The summed E-state index contributed by atoms with van der Waals surface area (Å²) in [7, 11) is 1.64. The third-order valence-corrected chi connectivity index (χ3v) is 2.18. The van der Waals surface area contributed by atoms with Crippen LogP contribution in [0.4, 0.5) is 0 Å². The molecule has 1 amide bonds. The van der Waals surface area contributed by atoms with Gasteiger partial charge >= 0.3 is 0 Å². The van der Waals surface area contributed by atoms with Gasteiger partial charge in [0.1, 0.15) is 0 Å². The van der Waals surface area contributed by atoms with E-state index in [1.807, 2.05) is 25.1 Å². The number of carbonyl (C=O) groups excluding carboxylic acids is 1. The van der Waals surface area contributed by atoms with E-state index in [4.69, 9.17) is 0 Å². The van der Waals surface area contributed by atoms with Crippen molar-refractivity contribution in [3.05, 3.63) is 41.5 Å². The van der Waals surface area contributed by atoms with E-state index in [2.05, 4.69) is 28.8 Å². The number of hydrogen-bond donors (Lipinski definition) is 2. The van der Waals surface area contributed by atoms with E-state index >= 15 is 0 Å². The number of carbonyl (C=O) groups is 1. The molecule has 0 fully saturated rings. The molecular weight excluding hydrogens is 236 g/mol. The predicted molar refractivity (Wildman–Crippen MR) is 74.3 cm³/mol. The van der Waals surface area contributed by atoms with E-state index < -0.39 is 0 Å². The van der Waals surface area contributed by atoms with E-state index in [0.29, 0.717) is 6.54 Å². The second kappa shape index (κ2) is 8.79. The van der Waals surface area contributed by atoms with Crippen LogP contribution in [0.25, 0.3) is 6.08 Å². The van der Waals surface area contributed by atoms with E-state index in [1.165, 1.54) is 11.1 Å². The molecule has 0 atom stereocenters. The smallest absolute Gasteiger partial charge is 0.233 e. The number of amides is 1. The molecule has 1 rings (SSSR count). The SMILES string of the molecule is CNC(=O)CNC/C(C)=C/c1ccccc1.Cl. The lowest BCUT2D eigenvalue weighted by molar-refractivity contribution is -0.119. The molecule has 0 unspecified atom stereocenters. The average molecular weight is 255 g/mol. The van der Waals surface area contributed by atoms with Crippen LogP contribution in [0.15, 0.2) is 35.9 Å². The number of halogens is 1. The van der Waals surface area contributed by atoms with Crippen molar-refractivity contribution in [1.29, 1.82) is 0 Å². The zero-order valence-corrected chi connectivity index (χ0v) is 11.0. The second-order valence-corrected chi connectivity index (χ2v) is 3.68. The molecule has 2 N–H and O–H groups in total. The van der Waals surface area contributed by atoms with Crippen molar-refractivity contribution in [2.75, 3.05) is 20.1 Å². The molecule has 94 valence electrons. The molecule has 0 bridgehead atoms. The summed E-state index contributed by atoms with van der Waals surface area (Å²) in [5.41, 5.74) is 2.39. The van der Waals surface area contributed by atoms with Gasteiger partial charge in [-0.3, -0.25) is 4.79 Å². The zero-order chi connectivity index (χ0) is 11.8. The van der Waals surface area contributed by atoms with Crippen molar-refractivity contribution in [1.82, 2.24) is 10.6 Å². The van der Waals surface area contributed by atoms with Gasteiger partial charge in [0.25, 0.3) is 0 Å². The number of likely N-dealkylation sites (N-methyl/N-ethyl adjacent to an activating group) is 1. The maximum Gasteiger partial charge on any atom is 0.233 e. The van der Waals surface area contributed by atoms with Crippen molar-refractivity contribution in [3.63, 3.8) is 0 Å². The summed E-state index contributed by atoms with van der Waals surface area (Å²) in [6.07, 6.45) is 2.11. The lowest BCUT2D eigenvalue weighted by Crippen LogP contribution is -2.32. The number of rotatable bonds is 5. The first-order valence-electron chi connectivity index (χ1n) is 5.36. The van der Waals surface area contributed by atoms with Gasteiger partial charge in [-0.15, -0.1) is 12.4 Å². The monoisotopic (exact) mass is 254 g/mol. The Morgan fingerprint density at radius 3 is 2.47 bits per heavy atom. The Labute approximate surface area is 109 Å². The topological polar surface area (TPSA) is 41.1 Å². The maximum atomic E-state index is 11.0. The highest BCUT2D eigenvalue weighted by Gasteiger charge is 1.96. The average Bonchev–Trinajstić information content (AvgIpc) is 2.30. The summed E-state index contributed by atoms with van der Waals surface area (Å²) in [6.45, 7) is 3.13. The van der Waals surface area contributed by atoms with Gasteiger partial charge in [-0.25, -0.2) is 0 Å². The van der Waals surface area contributed by atoms with Gasteiger partial charge in [-0.1, -0.05) is 42.0 Å². The highest BCUT2D eigenvalue weighted by molar-refractivity contribution is 5.85. The van der Waals surface area contributed by atoms with Crippen molar-refractivity contribution in [2.45, 2.75) is 6.92 Å². The molecular formula is C13H19ClN2O. The van der Waals surface area contributed by atoms with E-state index in [0.717, 1.165) is 6.54 Å². The van der Waals surface area contributed by atoms with Crippen LogP contribution in [0, 0.1) is 0 Å². The summed E-state index contributed by atoms with van der Waals surface area (Å²) in [4.78, 5) is 11.0. The summed E-state index contributed by atoms with van der Waals surface area (Å²) in [6, 6.07) is 10.1. The van der Waals surface area contributed by atoms with Gasteiger partial charge in [0.2, 0.25) is 5.91 Å². The largest absolute Gasteiger partial charge is 0.358 e. The molecule has 0 aliphatic heterocycles. The van der Waals surface area contributed by atoms with Gasteiger partial charge in [-0.2, -0.15) is 0 Å². The second-order valence-electron chi connectivity index (χ2n) is 3.68. The molecule has 1 aromatic rings. The van der Waals surface area contributed by atoms with Crippen LogP contribution in [-0.2, 0) is 4.79 Å². The molecule has 0 heterocycles. The Bertz CT molecular complexity index is 363. The van der Waals surface area contributed by atoms with Crippen LogP contribution in [-0.4, -0.2) is 26.0 Å². The molecule has 0 saturated heterocycles. The lowest BCUT2D eigenvalue weighted by atomic mass is 10.1. The molecule has 17 heavy (non-hydrogen) atoms. The summed E-state index contributed by atoms with van der Waals surface area (Å²) in [5.74, 6) is 0.00695. The molecule has 0 aliphatic carbocycles. The first-order chi connectivity index (χ1) is 7.72. The van der Waals surface area contributed by atoms with Crippen LogP contribution in [0.2, 0.25) is 0 Å². The van der Waals surface area contributed by atoms with Crippen molar-refractivity contribution < 1.29 is 4.79 Å². The number of benzene rings is 1. The minimum Gasteiger partial charge on any atom is -0.358 e. The predicted octanol–water partition coefficient (Wildman–Crippen LogP) is 1.85. The van der Waals surface area contributed by atoms with Gasteiger partial charge in [0, 0.05) is 13.6 Å². The molecule has 0 aromatic heterocycles. The first kappa shape index (κ1) is 15.7. The number of hydrogen-bond acceptors (Lipinski definition) is 2. The fourth-order valence-electron chi connectivity index (χ4n) is 1.35. The highest BCUT2D eigenvalue weighted by Crippen LogP contribution is 2.04. The molecule has 4 heteroatoms. The molecule has 0 aliphatic rings. The van der Waals surface area contributed by atoms with Crippen molar-refractivity contribution in [3.8, 4) is 0 Å². The fraction of sp³-hybridized carbons (Fsp3) is 0.308. The zero-order valence-electron chi connectivity index (χ0n) is 10.2. The highest BCUT2D eigenvalue weighted by atomic mass is 35.5. The Kier molecular flexibility index (Phi) is 8.11. The number of nitrogens with one attached hydrogen (secondary N) is 2. The standard InChI is InChI=1S/C13H18N2O.ClH/c1-11(9-15-10-13(16)14-2)8-12-6-4-3-5-7-12;/h3-8,15H,9-10H2,1-2H3,(H,14,16);1H/b11-8+;. The van der Waals surface area contributed by atoms with E-state index in [-0.39, 0.29) is 18.3 Å². The fourth-order valence-corrected chi connectivity index (χ4v) is 1.35. The molecule has 0 saturated carbocycles. The Morgan fingerprint density at radius 2 is 1.88 bits per heavy atom. The molecule has 3 nitrogen and oxygen atoms in total. The lowest BCUT2D eigenvalue weighted by Gasteiger charge is -2.04. The van der Waals surface area contributed by atoms with Crippen molar-refractivity contribution in [2.24, 2.45) is 0 Å². The summed E-state index contributed by atoms with van der Waals surface area (Å²) < 4.78 is 0. The van der Waals surface area contributed by atoms with Crippen molar-refractivity contribution >= 4 is 24.4 Å². The maximum absolute atomic E-state index is 11.0. The third-order valence-electron chi connectivity index (χ3n) is 2.18. The molecule has 0 spiro atoms. The van der Waals surface area contributed by atoms with Crippen LogP contribution in [0.5, 0.6) is 0 Å². The summed E-state index contributed by atoms with van der Waals surface area (Å²) in [5, 5.41) is 5.64. The van der Waals surface area contributed by atoms with Gasteiger partial charge < -0.3 is 10.6 Å². The van der Waals surface area contributed by atoms with Crippen LogP contribution >= 0.6 is 12.4 Å². The quantitative estimate of drug-likeness (QED) is 0.842. The molecule has 0 radical (unpaired) electrons. The van der Waals surface area contributed by atoms with Crippen LogP contribution in [0.3, 0.4) is 0 Å². The minimum atomic E-state index is 0. The van der Waals surface area contributed by atoms with Crippen LogP contribution < -0.4 is 10.6 Å². The Balaban J connectivity index is 0.00000256. The Morgan fingerprint density at radius 1 is 1.24 bits per heavy atom. The van der Waals surface area contributed by atoms with E-state index in [1.54, 1.807) is 7.05 Å². The van der Waals surface area contributed by atoms with Gasteiger partial charge in [-0.05, 0) is 12.5 Å². The van der Waals surface area contributed by atoms with Gasteiger partial charge in [0.05, 0.1) is 6.54 Å². The first-order valence-corrected chi connectivity index (χ1v) is 5.36.